The molecule has 0 spiro atoms. The number of nitrogens with zero attached hydrogens (tertiary/aromatic N) is 4. The van der Waals surface area contributed by atoms with Gasteiger partial charge in [0, 0.05) is 41.8 Å². The highest BCUT2D eigenvalue weighted by atomic mass is 79.9. The Kier molecular flexibility index (Phi) is 8.09. The molecule has 0 radical (unpaired) electrons. The minimum absolute atomic E-state index is 0.0177. The Labute approximate surface area is 207 Å². The maximum absolute atomic E-state index is 13.4. The number of benzene rings is 2. The molecular weight excluding hydrogens is 500 g/mol. The van der Waals surface area contributed by atoms with E-state index < -0.39 is 12.1 Å². The normalized spacial score (nSPS) is 13.1. The first kappa shape index (κ1) is 25.4. The van der Waals surface area contributed by atoms with Gasteiger partial charge in [-0.25, -0.2) is 9.78 Å². The SMILES string of the molecule is CC[C@@H](C)c1nc2ccc(Br)cc2c(=O)n1N=Cc1ccc(N(C)C)cc1O[C@@H](C)C(=O)OC. The fourth-order valence-electron chi connectivity index (χ4n) is 3.31. The molecule has 1 aromatic heterocycles. The van der Waals surface area contributed by atoms with Gasteiger partial charge in [-0.3, -0.25) is 4.79 Å². The van der Waals surface area contributed by atoms with Crippen LogP contribution < -0.4 is 15.2 Å². The lowest BCUT2D eigenvalue weighted by molar-refractivity contribution is -0.147. The topological polar surface area (TPSA) is 86.0 Å². The molecule has 0 N–H and O–H groups in total. The second-order valence-electron chi connectivity index (χ2n) is 8.20. The zero-order valence-electron chi connectivity index (χ0n) is 20.2. The molecule has 3 rings (SSSR count). The summed E-state index contributed by atoms with van der Waals surface area (Å²) in [5.74, 6) is 0.554. The van der Waals surface area contributed by atoms with Gasteiger partial charge in [-0.05, 0) is 43.7 Å². The number of rotatable bonds is 8. The van der Waals surface area contributed by atoms with Crippen molar-refractivity contribution < 1.29 is 14.3 Å². The van der Waals surface area contributed by atoms with E-state index in [1.54, 1.807) is 19.2 Å². The fourth-order valence-corrected chi connectivity index (χ4v) is 3.67. The largest absolute Gasteiger partial charge is 0.478 e. The quantitative estimate of drug-likeness (QED) is 0.314. The van der Waals surface area contributed by atoms with E-state index in [1.807, 2.05) is 63.2 Å². The van der Waals surface area contributed by atoms with Crippen molar-refractivity contribution >= 4 is 44.7 Å². The van der Waals surface area contributed by atoms with Crippen LogP contribution in [0, 0.1) is 0 Å². The van der Waals surface area contributed by atoms with Gasteiger partial charge >= 0.3 is 5.97 Å². The van der Waals surface area contributed by atoms with Crippen LogP contribution in [0.3, 0.4) is 0 Å². The van der Waals surface area contributed by atoms with Gasteiger partial charge in [-0.2, -0.15) is 9.78 Å². The molecule has 1 heterocycles. The summed E-state index contributed by atoms with van der Waals surface area (Å²) in [6.45, 7) is 5.67. The third-order valence-electron chi connectivity index (χ3n) is 5.55. The summed E-state index contributed by atoms with van der Waals surface area (Å²) in [7, 11) is 5.13. The van der Waals surface area contributed by atoms with E-state index >= 15 is 0 Å². The molecule has 0 unspecified atom stereocenters. The Morgan fingerprint density at radius 3 is 2.62 bits per heavy atom. The van der Waals surface area contributed by atoms with E-state index in [0.29, 0.717) is 28.0 Å². The number of esters is 1. The molecule has 9 heteroatoms. The van der Waals surface area contributed by atoms with Crippen molar-refractivity contribution in [1.82, 2.24) is 9.66 Å². The second kappa shape index (κ2) is 10.8. The average Bonchev–Trinajstić information content (AvgIpc) is 2.82. The summed E-state index contributed by atoms with van der Waals surface area (Å²) >= 11 is 3.42. The Hall–Kier alpha value is -3.20. The molecule has 3 aromatic rings. The van der Waals surface area contributed by atoms with Gasteiger partial charge in [-0.1, -0.05) is 29.8 Å². The molecule has 0 aliphatic heterocycles. The molecule has 0 aliphatic rings. The molecule has 0 amide bonds. The van der Waals surface area contributed by atoms with Crippen LogP contribution in [0.4, 0.5) is 5.69 Å². The zero-order valence-corrected chi connectivity index (χ0v) is 21.8. The monoisotopic (exact) mass is 528 g/mol. The molecule has 8 nitrogen and oxygen atoms in total. The number of anilines is 1. The first-order chi connectivity index (χ1) is 16.2. The second-order valence-corrected chi connectivity index (χ2v) is 9.12. The van der Waals surface area contributed by atoms with Crippen molar-refractivity contribution in [3.63, 3.8) is 0 Å². The van der Waals surface area contributed by atoms with E-state index in [2.05, 4.69) is 21.0 Å². The molecule has 180 valence electrons. The van der Waals surface area contributed by atoms with E-state index in [9.17, 15) is 9.59 Å². The van der Waals surface area contributed by atoms with Gasteiger partial charge in [-0.15, -0.1) is 0 Å². The molecule has 0 bridgehead atoms. The molecule has 0 saturated carbocycles. The maximum Gasteiger partial charge on any atom is 0.346 e. The van der Waals surface area contributed by atoms with Crippen LogP contribution >= 0.6 is 15.9 Å². The summed E-state index contributed by atoms with van der Waals surface area (Å²) in [6.07, 6.45) is 1.54. The molecule has 0 fully saturated rings. The van der Waals surface area contributed by atoms with Gasteiger partial charge in [0.15, 0.2) is 6.10 Å². The Morgan fingerprint density at radius 2 is 1.97 bits per heavy atom. The summed E-state index contributed by atoms with van der Waals surface area (Å²) in [5, 5.41) is 4.99. The van der Waals surface area contributed by atoms with Crippen molar-refractivity contribution in [3.05, 3.63) is 62.6 Å². The number of carbonyl (C=O) groups is 1. The van der Waals surface area contributed by atoms with Crippen LogP contribution in [-0.2, 0) is 9.53 Å². The van der Waals surface area contributed by atoms with E-state index in [-0.39, 0.29) is 11.5 Å². The van der Waals surface area contributed by atoms with Gasteiger partial charge in [0.1, 0.15) is 11.6 Å². The van der Waals surface area contributed by atoms with Gasteiger partial charge in [0.2, 0.25) is 0 Å². The van der Waals surface area contributed by atoms with Crippen molar-refractivity contribution in [3.8, 4) is 5.75 Å². The van der Waals surface area contributed by atoms with Crippen LogP contribution in [0.1, 0.15) is 44.5 Å². The van der Waals surface area contributed by atoms with Crippen LogP contribution in [0.5, 0.6) is 5.75 Å². The third-order valence-corrected chi connectivity index (χ3v) is 6.04. The average molecular weight is 529 g/mol. The number of hydrogen-bond acceptors (Lipinski definition) is 7. The first-order valence-corrected chi connectivity index (χ1v) is 11.8. The van der Waals surface area contributed by atoms with E-state index in [4.69, 9.17) is 14.5 Å². The molecule has 2 atom stereocenters. The fraction of sp³-hybridized carbons (Fsp3) is 0.360. The Balaban J connectivity index is 2.14. The van der Waals surface area contributed by atoms with Gasteiger partial charge in [0.25, 0.3) is 5.56 Å². The molecule has 2 aromatic carbocycles. The lowest BCUT2D eigenvalue weighted by Crippen LogP contribution is -2.26. The van der Waals surface area contributed by atoms with E-state index in [0.717, 1.165) is 16.6 Å². The first-order valence-electron chi connectivity index (χ1n) is 11.0. The van der Waals surface area contributed by atoms with Crippen LogP contribution in [0.2, 0.25) is 0 Å². The lowest BCUT2D eigenvalue weighted by Gasteiger charge is -2.18. The molecule has 34 heavy (non-hydrogen) atoms. The minimum atomic E-state index is -0.812. The molecule has 0 saturated heterocycles. The number of fused-ring (bicyclic) bond motifs is 1. The summed E-state index contributed by atoms with van der Waals surface area (Å²) in [4.78, 5) is 31.9. The smallest absolute Gasteiger partial charge is 0.346 e. The Bertz CT molecular complexity index is 1290. The highest BCUT2D eigenvalue weighted by Gasteiger charge is 2.18. The van der Waals surface area contributed by atoms with Crippen LogP contribution in [0.25, 0.3) is 10.9 Å². The zero-order chi connectivity index (χ0) is 25.0. The van der Waals surface area contributed by atoms with Crippen molar-refractivity contribution in [2.45, 2.75) is 39.2 Å². The van der Waals surface area contributed by atoms with Crippen molar-refractivity contribution in [1.29, 1.82) is 0 Å². The number of halogens is 1. The van der Waals surface area contributed by atoms with Crippen molar-refractivity contribution in [2.75, 3.05) is 26.1 Å². The number of aromatic nitrogens is 2. The highest BCUT2D eigenvalue weighted by Crippen LogP contribution is 2.26. The summed E-state index contributed by atoms with van der Waals surface area (Å²) in [5.41, 5.74) is 1.87. The lowest BCUT2D eigenvalue weighted by atomic mass is 10.1. The Morgan fingerprint density at radius 1 is 1.24 bits per heavy atom. The number of carbonyl (C=O) groups excluding carboxylic acids is 1. The van der Waals surface area contributed by atoms with Crippen molar-refractivity contribution in [2.24, 2.45) is 5.10 Å². The molecule has 0 aliphatic carbocycles. The third kappa shape index (κ3) is 5.47. The predicted octanol–water partition coefficient (Wildman–Crippen LogP) is 4.56. The van der Waals surface area contributed by atoms with Gasteiger partial charge in [0.05, 0.1) is 24.2 Å². The summed E-state index contributed by atoms with van der Waals surface area (Å²) in [6, 6.07) is 11.0. The maximum atomic E-state index is 13.4. The number of hydrogen-bond donors (Lipinski definition) is 0. The summed E-state index contributed by atoms with van der Waals surface area (Å²) < 4.78 is 12.8. The van der Waals surface area contributed by atoms with Crippen LogP contribution in [0.15, 0.2) is 50.8 Å². The highest BCUT2D eigenvalue weighted by molar-refractivity contribution is 9.10. The standard InChI is InChI=1S/C25H29BrN4O4/c1-7-15(2)23-28-21-11-9-18(26)12-20(21)24(31)30(23)27-14-17-8-10-19(29(4)5)13-22(17)34-16(3)25(32)33-6/h8-16H,7H2,1-6H3/t15-,16+/m1/s1. The minimum Gasteiger partial charge on any atom is -0.478 e. The van der Waals surface area contributed by atoms with E-state index in [1.165, 1.54) is 11.8 Å². The molecular formula is C25H29BrN4O4. The van der Waals surface area contributed by atoms with Gasteiger partial charge < -0.3 is 14.4 Å². The predicted molar refractivity (Wildman–Crippen MR) is 138 cm³/mol. The van der Waals surface area contributed by atoms with Crippen LogP contribution in [-0.4, -0.2) is 49.2 Å². The number of ether oxygens (including phenoxy) is 2. The number of methoxy groups -OCH3 is 1.